The summed E-state index contributed by atoms with van der Waals surface area (Å²) in [6.45, 7) is 1.22. The lowest BCUT2D eigenvalue weighted by Crippen LogP contribution is -2.62. The SMILES string of the molecule is COc1ccc(CO[C@H]2[C@@H](OCc3ccccc3)[C@@H]3OC(c4ccccc4)OC[C@H]3O[C@@H]2Sc2ccccc2)cc1. The van der Waals surface area contributed by atoms with Crippen LogP contribution in [0.4, 0.5) is 0 Å². The van der Waals surface area contributed by atoms with Gasteiger partial charge in [0.2, 0.25) is 0 Å². The second-order valence-corrected chi connectivity index (χ2v) is 11.2. The van der Waals surface area contributed by atoms with Crippen LogP contribution in [0.15, 0.2) is 120 Å². The fraction of sp³-hybridized carbons (Fsp3) is 0.294. The van der Waals surface area contributed by atoms with Crippen LogP contribution in [0.1, 0.15) is 23.0 Å². The predicted octanol–water partition coefficient (Wildman–Crippen LogP) is 6.80. The standard InChI is InChI=1S/C34H34O6S/c1-35-27-19-17-25(18-20-27)22-37-32-31(36-21-24-11-5-2-6-12-24)30-29(39-34(32)41-28-15-9-4-10-16-28)23-38-33(40-30)26-13-7-3-8-14-26/h2-20,29-34H,21-23H2,1H3/t29-,30-,31+,32+,33?,34-/m1/s1. The largest absolute Gasteiger partial charge is 0.497 e. The van der Waals surface area contributed by atoms with E-state index in [0.29, 0.717) is 19.8 Å². The Morgan fingerprint density at radius 3 is 1.98 bits per heavy atom. The zero-order chi connectivity index (χ0) is 27.9. The normalized spacial score (nSPS) is 25.8. The van der Waals surface area contributed by atoms with Gasteiger partial charge >= 0.3 is 0 Å². The van der Waals surface area contributed by atoms with Crippen molar-refractivity contribution in [2.24, 2.45) is 0 Å². The minimum atomic E-state index is -0.510. The van der Waals surface area contributed by atoms with E-state index in [0.717, 1.165) is 27.3 Å². The molecule has 7 heteroatoms. The fourth-order valence-corrected chi connectivity index (χ4v) is 6.25. The molecule has 0 bridgehead atoms. The van der Waals surface area contributed by atoms with Gasteiger partial charge < -0.3 is 28.4 Å². The Morgan fingerprint density at radius 1 is 0.683 bits per heavy atom. The van der Waals surface area contributed by atoms with Gasteiger partial charge in [-0.1, -0.05) is 103 Å². The molecule has 0 N–H and O–H groups in total. The summed E-state index contributed by atoms with van der Waals surface area (Å²) in [5.74, 6) is 0.807. The summed E-state index contributed by atoms with van der Waals surface area (Å²) in [6.07, 6.45) is -2.02. The maximum absolute atomic E-state index is 6.71. The number of methoxy groups -OCH3 is 1. The van der Waals surface area contributed by atoms with Crippen LogP contribution >= 0.6 is 11.8 Å². The maximum Gasteiger partial charge on any atom is 0.184 e. The van der Waals surface area contributed by atoms with Crippen LogP contribution in [-0.2, 0) is 36.9 Å². The monoisotopic (exact) mass is 570 g/mol. The summed E-state index contributed by atoms with van der Waals surface area (Å²) >= 11 is 1.63. The van der Waals surface area contributed by atoms with Crippen molar-refractivity contribution in [1.82, 2.24) is 0 Å². The first-order valence-electron chi connectivity index (χ1n) is 13.9. The van der Waals surface area contributed by atoms with E-state index in [9.17, 15) is 0 Å². The highest BCUT2D eigenvalue weighted by atomic mass is 32.2. The lowest BCUT2D eigenvalue weighted by molar-refractivity contribution is -0.329. The van der Waals surface area contributed by atoms with E-state index in [-0.39, 0.29) is 17.6 Å². The molecule has 6 nitrogen and oxygen atoms in total. The molecule has 2 fully saturated rings. The third-order valence-electron chi connectivity index (χ3n) is 7.24. The molecule has 2 saturated heterocycles. The van der Waals surface area contributed by atoms with Gasteiger partial charge in [-0.3, -0.25) is 0 Å². The maximum atomic E-state index is 6.71. The first kappa shape index (κ1) is 28.0. The van der Waals surface area contributed by atoms with E-state index in [2.05, 4.69) is 24.3 Å². The van der Waals surface area contributed by atoms with Gasteiger partial charge in [0.15, 0.2) is 6.29 Å². The molecule has 6 atom stereocenters. The molecule has 0 amide bonds. The predicted molar refractivity (Wildman–Crippen MR) is 158 cm³/mol. The van der Waals surface area contributed by atoms with E-state index < -0.39 is 18.5 Å². The molecule has 1 unspecified atom stereocenters. The lowest BCUT2D eigenvalue weighted by Gasteiger charge is -2.49. The number of benzene rings is 4. The third-order valence-corrected chi connectivity index (χ3v) is 8.39. The lowest BCUT2D eigenvalue weighted by atomic mass is 9.98. The highest BCUT2D eigenvalue weighted by Gasteiger charge is 2.51. The van der Waals surface area contributed by atoms with Crippen LogP contribution in [0.3, 0.4) is 0 Å². The molecular weight excluding hydrogens is 536 g/mol. The van der Waals surface area contributed by atoms with E-state index in [4.69, 9.17) is 28.4 Å². The molecule has 0 aromatic heterocycles. The zero-order valence-corrected chi connectivity index (χ0v) is 23.7. The average molecular weight is 571 g/mol. The van der Waals surface area contributed by atoms with E-state index in [1.165, 1.54) is 0 Å². The average Bonchev–Trinajstić information content (AvgIpc) is 3.04. The molecule has 212 valence electrons. The van der Waals surface area contributed by atoms with Gasteiger partial charge in [-0.25, -0.2) is 0 Å². The highest BCUT2D eigenvalue weighted by Crippen LogP contribution is 2.41. The Morgan fingerprint density at radius 2 is 1.29 bits per heavy atom. The number of hydrogen-bond acceptors (Lipinski definition) is 7. The van der Waals surface area contributed by atoms with Crippen LogP contribution in [0.25, 0.3) is 0 Å². The van der Waals surface area contributed by atoms with Gasteiger partial charge in [0.25, 0.3) is 0 Å². The Hall–Kier alpha value is -3.17. The minimum absolute atomic E-state index is 0.308. The van der Waals surface area contributed by atoms with Crippen LogP contribution < -0.4 is 4.74 Å². The molecule has 0 spiro atoms. The molecule has 2 heterocycles. The highest BCUT2D eigenvalue weighted by molar-refractivity contribution is 7.99. The first-order chi connectivity index (χ1) is 20.3. The number of fused-ring (bicyclic) bond motifs is 1. The Bertz CT molecular complexity index is 1340. The van der Waals surface area contributed by atoms with E-state index >= 15 is 0 Å². The van der Waals surface area contributed by atoms with Crippen molar-refractivity contribution >= 4 is 11.8 Å². The molecule has 2 aliphatic rings. The van der Waals surface area contributed by atoms with Gasteiger partial charge in [-0.15, -0.1) is 0 Å². The molecule has 0 aliphatic carbocycles. The number of thioether (sulfide) groups is 1. The van der Waals surface area contributed by atoms with Gasteiger partial charge in [-0.2, -0.15) is 0 Å². The molecule has 4 aromatic carbocycles. The molecule has 2 aliphatic heterocycles. The van der Waals surface area contributed by atoms with Crippen molar-refractivity contribution in [2.75, 3.05) is 13.7 Å². The van der Waals surface area contributed by atoms with Crippen molar-refractivity contribution < 1.29 is 28.4 Å². The van der Waals surface area contributed by atoms with Gasteiger partial charge in [-0.05, 0) is 35.4 Å². The Labute approximate surface area is 245 Å². The zero-order valence-electron chi connectivity index (χ0n) is 22.9. The van der Waals surface area contributed by atoms with Crippen LogP contribution in [0.2, 0.25) is 0 Å². The molecular formula is C34H34O6S. The number of hydrogen-bond donors (Lipinski definition) is 0. The summed E-state index contributed by atoms with van der Waals surface area (Å²) in [6, 6.07) is 38.3. The summed E-state index contributed by atoms with van der Waals surface area (Å²) < 4.78 is 38.2. The van der Waals surface area contributed by atoms with Crippen molar-refractivity contribution in [3.63, 3.8) is 0 Å². The molecule has 6 rings (SSSR count). The Balaban J connectivity index is 1.29. The molecule has 4 aromatic rings. The summed E-state index contributed by atoms with van der Waals surface area (Å²) in [5.41, 5.74) is 2.75. The van der Waals surface area contributed by atoms with Crippen LogP contribution in [-0.4, -0.2) is 43.6 Å². The molecule has 41 heavy (non-hydrogen) atoms. The van der Waals surface area contributed by atoms with Gasteiger partial charge in [0.1, 0.15) is 35.6 Å². The van der Waals surface area contributed by atoms with Crippen LogP contribution in [0, 0.1) is 0 Å². The van der Waals surface area contributed by atoms with Crippen molar-refractivity contribution in [3.05, 3.63) is 132 Å². The van der Waals surface area contributed by atoms with Gasteiger partial charge in [0, 0.05) is 10.5 Å². The Kier molecular flexibility index (Phi) is 9.32. The molecule has 0 radical (unpaired) electrons. The van der Waals surface area contributed by atoms with Crippen molar-refractivity contribution in [2.45, 2.75) is 54.3 Å². The second kappa shape index (κ2) is 13.7. The minimum Gasteiger partial charge on any atom is -0.497 e. The quantitative estimate of drug-likeness (QED) is 0.208. The summed E-state index contributed by atoms with van der Waals surface area (Å²) in [4.78, 5) is 1.09. The third kappa shape index (κ3) is 7.01. The summed E-state index contributed by atoms with van der Waals surface area (Å²) in [5, 5.41) is 0. The number of rotatable bonds is 10. The second-order valence-electron chi connectivity index (χ2n) is 10.0. The van der Waals surface area contributed by atoms with E-state index in [1.807, 2.05) is 91.0 Å². The van der Waals surface area contributed by atoms with Gasteiger partial charge in [0.05, 0.1) is 26.9 Å². The molecule has 0 saturated carbocycles. The van der Waals surface area contributed by atoms with E-state index in [1.54, 1.807) is 18.9 Å². The van der Waals surface area contributed by atoms with Crippen LogP contribution in [0.5, 0.6) is 5.75 Å². The topological polar surface area (TPSA) is 55.4 Å². The van der Waals surface area contributed by atoms with Crippen molar-refractivity contribution in [3.8, 4) is 5.75 Å². The smallest absolute Gasteiger partial charge is 0.184 e. The fourth-order valence-electron chi connectivity index (χ4n) is 5.10. The van der Waals surface area contributed by atoms with Crippen molar-refractivity contribution in [1.29, 1.82) is 0 Å². The summed E-state index contributed by atoms with van der Waals surface area (Å²) in [7, 11) is 1.66. The number of ether oxygens (including phenoxy) is 6. The first-order valence-corrected chi connectivity index (χ1v) is 14.7.